The lowest BCUT2D eigenvalue weighted by molar-refractivity contribution is -0.220. The highest BCUT2D eigenvalue weighted by Gasteiger charge is 2.51. The standard InChI is InChI=1S/C43H86NO11P/c1-3-5-7-9-11-13-15-16-17-18-19-20-21-22-23-25-27-29-31-33-37(46)44-35(36(45)32-30-28-26-24-14-12-10-8-6-4-2)34-54-56(52,53)55-43-41(50)39(48)38(47)40(49)42(43)51/h35-36,38-43,45,47-51H,3-34H2,1-2H3,(H,44,46)(H,52,53)/t35-,36+,38?,39+,40?,41?,42?,43?/m0/s1. The molecule has 0 aromatic rings. The summed E-state index contributed by atoms with van der Waals surface area (Å²) in [4.78, 5) is 23.3. The van der Waals surface area contributed by atoms with E-state index in [-0.39, 0.29) is 12.3 Å². The zero-order valence-corrected chi connectivity index (χ0v) is 36.4. The van der Waals surface area contributed by atoms with Crippen molar-refractivity contribution in [1.29, 1.82) is 0 Å². The van der Waals surface area contributed by atoms with E-state index < -0.39 is 63.2 Å². The fraction of sp³-hybridized carbons (Fsp3) is 0.977. The summed E-state index contributed by atoms with van der Waals surface area (Å²) in [5.41, 5.74) is 0. The molecule has 13 heteroatoms. The molecule has 9 atom stereocenters. The highest BCUT2D eigenvalue weighted by atomic mass is 31.2. The number of phosphoric ester groups is 1. The molecular weight excluding hydrogens is 737 g/mol. The van der Waals surface area contributed by atoms with Crippen LogP contribution in [0.4, 0.5) is 0 Å². The van der Waals surface area contributed by atoms with Gasteiger partial charge in [-0.15, -0.1) is 0 Å². The first-order chi connectivity index (χ1) is 26.9. The number of hydrogen-bond donors (Lipinski definition) is 8. The molecule has 0 saturated heterocycles. The van der Waals surface area contributed by atoms with E-state index in [1.54, 1.807) is 0 Å². The number of unbranched alkanes of at least 4 members (excludes halogenated alkanes) is 27. The van der Waals surface area contributed by atoms with Crippen molar-refractivity contribution in [2.24, 2.45) is 0 Å². The van der Waals surface area contributed by atoms with Crippen molar-refractivity contribution in [2.45, 2.75) is 262 Å². The van der Waals surface area contributed by atoms with Gasteiger partial charge in [0.2, 0.25) is 5.91 Å². The minimum atomic E-state index is -5.04. The summed E-state index contributed by atoms with van der Waals surface area (Å²) in [5, 5.41) is 64.0. The lowest BCUT2D eigenvalue weighted by atomic mass is 9.85. The SMILES string of the molecule is CCCCCCCCCCCCCCCCCCCCCC(=O)N[C@@H](COP(=O)(O)OC1C(O)C(O)C(O)[C@@H](O)C1O)[C@H](O)CCCCCCCCCCCC. The topological polar surface area (TPSA) is 206 Å². The normalized spacial score (nSPS) is 23.5. The number of aliphatic hydroxyl groups excluding tert-OH is 6. The fourth-order valence-corrected chi connectivity index (χ4v) is 8.58. The van der Waals surface area contributed by atoms with Crippen molar-refractivity contribution in [3.05, 3.63) is 0 Å². The molecule has 6 unspecified atom stereocenters. The number of carbonyl (C=O) groups excluding carboxylic acids is 1. The van der Waals surface area contributed by atoms with Gasteiger partial charge in [-0.05, 0) is 12.8 Å². The maximum atomic E-state index is 12.9. The van der Waals surface area contributed by atoms with Gasteiger partial charge in [-0.2, -0.15) is 0 Å². The monoisotopic (exact) mass is 824 g/mol. The predicted octanol–water partition coefficient (Wildman–Crippen LogP) is 8.29. The van der Waals surface area contributed by atoms with Gasteiger partial charge in [-0.25, -0.2) is 4.57 Å². The number of phosphoric acid groups is 1. The van der Waals surface area contributed by atoms with E-state index in [4.69, 9.17) is 9.05 Å². The second kappa shape index (κ2) is 34.1. The summed E-state index contributed by atoms with van der Waals surface area (Å²) in [5.74, 6) is -0.306. The number of carbonyl (C=O) groups is 1. The second-order valence-electron chi connectivity index (χ2n) is 16.6. The fourth-order valence-electron chi connectivity index (χ4n) is 7.61. The Morgan fingerprint density at radius 3 is 1.23 bits per heavy atom. The van der Waals surface area contributed by atoms with E-state index in [0.29, 0.717) is 19.3 Å². The molecule has 0 heterocycles. The minimum Gasteiger partial charge on any atom is -0.391 e. The average molecular weight is 824 g/mol. The average Bonchev–Trinajstić information content (AvgIpc) is 3.18. The molecule has 0 radical (unpaired) electrons. The van der Waals surface area contributed by atoms with Crippen LogP contribution in [0, 0.1) is 0 Å². The Morgan fingerprint density at radius 1 is 0.536 bits per heavy atom. The third kappa shape index (κ3) is 25.7. The Morgan fingerprint density at radius 2 is 0.857 bits per heavy atom. The molecule has 8 N–H and O–H groups in total. The smallest absolute Gasteiger partial charge is 0.391 e. The lowest BCUT2D eigenvalue weighted by Gasteiger charge is -2.41. The molecular formula is C43H86NO11P. The van der Waals surface area contributed by atoms with Crippen LogP contribution in [0.3, 0.4) is 0 Å². The van der Waals surface area contributed by atoms with Crippen LogP contribution in [0.5, 0.6) is 0 Å². The molecule has 0 aliphatic heterocycles. The summed E-state index contributed by atoms with van der Waals surface area (Å²) >= 11 is 0. The Kier molecular flexibility index (Phi) is 32.5. The van der Waals surface area contributed by atoms with Crippen LogP contribution >= 0.6 is 7.82 Å². The van der Waals surface area contributed by atoms with E-state index in [0.717, 1.165) is 38.5 Å². The number of nitrogens with one attached hydrogen (secondary N) is 1. The van der Waals surface area contributed by atoms with E-state index in [1.165, 1.54) is 135 Å². The Balaban J connectivity index is 2.40. The van der Waals surface area contributed by atoms with E-state index in [2.05, 4.69) is 19.2 Å². The summed E-state index contributed by atoms with van der Waals surface area (Å²) in [7, 11) is -5.04. The molecule has 1 fully saturated rings. The van der Waals surface area contributed by atoms with E-state index in [9.17, 15) is 44.9 Å². The molecule has 0 spiro atoms. The zero-order valence-electron chi connectivity index (χ0n) is 35.5. The first kappa shape index (κ1) is 53.4. The molecule has 334 valence electrons. The Bertz CT molecular complexity index is 962. The number of aliphatic hydroxyl groups is 6. The molecule has 12 nitrogen and oxygen atoms in total. The summed E-state index contributed by atoms with van der Waals surface area (Å²) in [6, 6.07) is -1.02. The minimum absolute atomic E-state index is 0.242. The maximum absolute atomic E-state index is 12.9. The quantitative estimate of drug-likeness (QED) is 0.0220. The molecule has 0 aromatic carbocycles. The van der Waals surface area contributed by atoms with Crippen LogP contribution in [-0.2, 0) is 18.4 Å². The third-order valence-electron chi connectivity index (χ3n) is 11.4. The molecule has 56 heavy (non-hydrogen) atoms. The van der Waals surface area contributed by atoms with Gasteiger partial charge >= 0.3 is 7.82 Å². The van der Waals surface area contributed by atoms with Gasteiger partial charge < -0.3 is 40.8 Å². The summed E-state index contributed by atoms with van der Waals surface area (Å²) < 4.78 is 22.9. The van der Waals surface area contributed by atoms with Gasteiger partial charge in [-0.3, -0.25) is 13.8 Å². The third-order valence-corrected chi connectivity index (χ3v) is 12.4. The van der Waals surface area contributed by atoms with Crippen LogP contribution in [0.25, 0.3) is 0 Å². The predicted molar refractivity (Wildman–Crippen MR) is 223 cm³/mol. The maximum Gasteiger partial charge on any atom is 0.472 e. The van der Waals surface area contributed by atoms with Crippen molar-refractivity contribution in [3.8, 4) is 0 Å². The zero-order chi connectivity index (χ0) is 41.4. The number of rotatable bonds is 38. The molecule has 1 aliphatic rings. The van der Waals surface area contributed by atoms with Crippen LogP contribution in [0.1, 0.15) is 213 Å². The van der Waals surface area contributed by atoms with Crippen molar-refractivity contribution >= 4 is 13.7 Å². The highest BCUT2D eigenvalue weighted by molar-refractivity contribution is 7.47. The molecule has 1 saturated carbocycles. The van der Waals surface area contributed by atoms with Gasteiger partial charge in [0, 0.05) is 6.42 Å². The van der Waals surface area contributed by atoms with Gasteiger partial charge in [-0.1, -0.05) is 194 Å². The van der Waals surface area contributed by atoms with E-state index in [1.807, 2.05) is 0 Å². The van der Waals surface area contributed by atoms with Gasteiger partial charge in [0.05, 0.1) is 18.8 Å². The Labute approximate surface area is 340 Å². The van der Waals surface area contributed by atoms with Crippen molar-refractivity contribution in [2.75, 3.05) is 6.61 Å². The largest absolute Gasteiger partial charge is 0.472 e. The van der Waals surface area contributed by atoms with E-state index >= 15 is 0 Å². The first-order valence-electron chi connectivity index (χ1n) is 23.0. The molecule has 1 aliphatic carbocycles. The van der Waals surface area contributed by atoms with Crippen LogP contribution in [-0.4, -0.2) is 96.8 Å². The first-order valence-corrected chi connectivity index (χ1v) is 24.5. The van der Waals surface area contributed by atoms with Gasteiger partial charge in [0.25, 0.3) is 0 Å². The molecule has 1 rings (SSSR count). The summed E-state index contributed by atoms with van der Waals surface area (Å²) in [6.45, 7) is 3.87. The van der Waals surface area contributed by atoms with Crippen LogP contribution in [0.2, 0.25) is 0 Å². The van der Waals surface area contributed by atoms with Crippen molar-refractivity contribution < 1.29 is 53.9 Å². The lowest BCUT2D eigenvalue weighted by Crippen LogP contribution is -2.64. The van der Waals surface area contributed by atoms with Gasteiger partial charge in [0.1, 0.15) is 36.6 Å². The Hall–Kier alpha value is -0.660. The van der Waals surface area contributed by atoms with Crippen LogP contribution < -0.4 is 5.32 Å². The number of hydrogen-bond acceptors (Lipinski definition) is 10. The van der Waals surface area contributed by atoms with Crippen LogP contribution in [0.15, 0.2) is 0 Å². The molecule has 0 bridgehead atoms. The van der Waals surface area contributed by atoms with Crippen molar-refractivity contribution in [3.63, 3.8) is 0 Å². The number of amides is 1. The second-order valence-corrected chi connectivity index (χ2v) is 18.0. The summed E-state index contributed by atoms with van der Waals surface area (Å²) in [6.07, 6.45) is 22.9. The highest BCUT2D eigenvalue weighted by Crippen LogP contribution is 2.47. The molecule has 1 amide bonds. The molecule has 0 aromatic heterocycles. The van der Waals surface area contributed by atoms with Gasteiger partial charge in [0.15, 0.2) is 0 Å². The van der Waals surface area contributed by atoms with Crippen molar-refractivity contribution in [1.82, 2.24) is 5.32 Å².